The maximum atomic E-state index is 12.5. The number of pyridine rings is 1. The van der Waals surface area contributed by atoms with Crippen LogP contribution in [0.3, 0.4) is 0 Å². The number of hydrogen-bond acceptors (Lipinski definition) is 4. The Morgan fingerprint density at radius 3 is 2.70 bits per heavy atom. The lowest BCUT2D eigenvalue weighted by molar-refractivity contribution is 0.0294. The van der Waals surface area contributed by atoms with Crippen molar-refractivity contribution in [1.29, 1.82) is 0 Å². The fourth-order valence-corrected chi connectivity index (χ4v) is 3.21. The summed E-state index contributed by atoms with van der Waals surface area (Å²) in [4.78, 5) is 16.6. The van der Waals surface area contributed by atoms with Gasteiger partial charge in [-0.25, -0.2) is 0 Å². The molecule has 1 fully saturated rings. The summed E-state index contributed by atoms with van der Waals surface area (Å²) in [5.74, 6) is -0.406. The Labute approximate surface area is 135 Å². The fourth-order valence-electron chi connectivity index (χ4n) is 3.21. The first-order valence-electron chi connectivity index (χ1n) is 7.70. The van der Waals surface area contributed by atoms with Gasteiger partial charge in [0.1, 0.15) is 6.10 Å². The van der Waals surface area contributed by atoms with Crippen LogP contribution in [0.2, 0.25) is 0 Å². The molecule has 120 valence electrons. The molecular weight excluding hydrogens is 292 g/mol. The number of nitrogens with zero attached hydrogens (tertiary/aromatic N) is 1. The first kappa shape index (κ1) is 15.6. The zero-order valence-electron chi connectivity index (χ0n) is 12.9. The lowest BCUT2D eigenvalue weighted by Crippen LogP contribution is -2.45. The summed E-state index contributed by atoms with van der Waals surface area (Å²) >= 11 is 0. The van der Waals surface area contributed by atoms with E-state index in [2.05, 4.69) is 10.3 Å². The van der Waals surface area contributed by atoms with Gasteiger partial charge in [0.2, 0.25) is 0 Å². The number of aromatic nitrogens is 1. The molecule has 5 nitrogen and oxygen atoms in total. The van der Waals surface area contributed by atoms with E-state index >= 15 is 0 Å². The third kappa shape index (κ3) is 3.11. The summed E-state index contributed by atoms with van der Waals surface area (Å²) < 4.78 is 0. The highest BCUT2D eigenvalue weighted by molar-refractivity contribution is 5.95. The normalized spacial score (nSPS) is 26.9. The van der Waals surface area contributed by atoms with Crippen molar-refractivity contribution in [3.05, 3.63) is 65.5 Å². The molecular formula is C18H20N2O3. The van der Waals surface area contributed by atoms with Crippen LogP contribution in [-0.2, 0) is 0 Å². The predicted octanol–water partition coefficient (Wildman–Crippen LogP) is 1.40. The van der Waals surface area contributed by atoms with Gasteiger partial charge in [0.15, 0.2) is 0 Å². The largest absolute Gasteiger partial charge is 0.390 e. The van der Waals surface area contributed by atoms with Crippen molar-refractivity contribution in [2.45, 2.75) is 37.5 Å². The van der Waals surface area contributed by atoms with Gasteiger partial charge in [0.25, 0.3) is 5.91 Å². The van der Waals surface area contributed by atoms with Gasteiger partial charge in [-0.3, -0.25) is 9.78 Å². The van der Waals surface area contributed by atoms with E-state index in [0.717, 1.165) is 11.1 Å². The van der Waals surface area contributed by atoms with E-state index < -0.39 is 18.2 Å². The number of amides is 1. The lowest BCUT2D eigenvalue weighted by Gasteiger charge is -2.24. The van der Waals surface area contributed by atoms with Crippen molar-refractivity contribution >= 4 is 5.91 Å². The van der Waals surface area contributed by atoms with E-state index in [4.69, 9.17) is 0 Å². The van der Waals surface area contributed by atoms with Crippen LogP contribution >= 0.6 is 0 Å². The number of rotatable bonds is 3. The number of aryl methyl sites for hydroxylation is 1. The zero-order valence-corrected chi connectivity index (χ0v) is 12.9. The Balaban J connectivity index is 1.84. The van der Waals surface area contributed by atoms with E-state index in [9.17, 15) is 15.0 Å². The molecule has 23 heavy (non-hydrogen) atoms. The van der Waals surface area contributed by atoms with Crippen LogP contribution in [0.5, 0.6) is 0 Å². The average Bonchev–Trinajstić information content (AvgIpc) is 2.84. The Bertz CT molecular complexity index is 690. The summed E-state index contributed by atoms with van der Waals surface area (Å²) in [5, 5.41) is 23.2. The van der Waals surface area contributed by atoms with Gasteiger partial charge in [0.05, 0.1) is 12.1 Å². The molecule has 0 unspecified atom stereocenters. The summed E-state index contributed by atoms with van der Waals surface area (Å²) in [7, 11) is 0. The van der Waals surface area contributed by atoms with Crippen LogP contribution in [0.15, 0.2) is 48.8 Å². The van der Waals surface area contributed by atoms with Crippen LogP contribution in [-0.4, -0.2) is 39.4 Å². The molecule has 0 aliphatic heterocycles. The highest BCUT2D eigenvalue weighted by Crippen LogP contribution is 2.35. The van der Waals surface area contributed by atoms with Crippen molar-refractivity contribution in [3.8, 4) is 0 Å². The molecule has 5 heteroatoms. The lowest BCUT2D eigenvalue weighted by atomic mass is 9.94. The first-order valence-corrected chi connectivity index (χ1v) is 7.70. The third-order valence-electron chi connectivity index (χ3n) is 4.49. The molecule has 3 rings (SSSR count). The maximum absolute atomic E-state index is 12.5. The fraction of sp³-hybridized carbons (Fsp3) is 0.333. The number of nitrogens with one attached hydrogen (secondary N) is 1. The molecule has 1 aliphatic rings. The molecule has 0 spiro atoms. The Kier molecular flexibility index (Phi) is 4.41. The molecule has 1 heterocycles. The summed E-state index contributed by atoms with van der Waals surface area (Å²) in [5.41, 5.74) is 2.35. The smallest absolute Gasteiger partial charge is 0.251 e. The van der Waals surface area contributed by atoms with Crippen LogP contribution in [0.25, 0.3) is 0 Å². The molecule has 1 saturated carbocycles. The number of aliphatic hydroxyl groups is 2. The summed E-state index contributed by atoms with van der Waals surface area (Å²) in [6.07, 6.45) is 1.93. The zero-order chi connectivity index (χ0) is 16.4. The molecule has 0 bridgehead atoms. The van der Waals surface area contributed by atoms with Gasteiger partial charge in [-0.2, -0.15) is 0 Å². The van der Waals surface area contributed by atoms with E-state index in [0.29, 0.717) is 12.0 Å². The molecule has 1 aliphatic carbocycles. The molecule has 1 aromatic heterocycles. The van der Waals surface area contributed by atoms with Crippen molar-refractivity contribution < 1.29 is 15.0 Å². The van der Waals surface area contributed by atoms with E-state index in [1.165, 1.54) is 0 Å². The molecule has 0 radical (unpaired) electrons. The Hall–Kier alpha value is -2.24. The van der Waals surface area contributed by atoms with Crippen LogP contribution in [0, 0.1) is 6.92 Å². The second-order valence-electron chi connectivity index (χ2n) is 6.00. The summed E-state index contributed by atoms with van der Waals surface area (Å²) in [6.45, 7) is 1.87. The summed E-state index contributed by atoms with van der Waals surface area (Å²) in [6, 6.07) is 10.5. The van der Waals surface area contributed by atoms with Gasteiger partial charge in [0, 0.05) is 23.9 Å². The standard InChI is InChI=1S/C18H20N2O3/c1-11-5-2-3-7-13(11)18(23)20-16-14(9-15(21)17(16)22)12-6-4-8-19-10-12/h2-8,10,14-17,21-22H,9H2,1H3,(H,20,23)/t14-,15-,16-,17-/m1/s1. The second-order valence-corrected chi connectivity index (χ2v) is 6.00. The molecule has 1 aromatic carbocycles. The number of carbonyl (C=O) groups excluding carboxylic acids is 1. The van der Waals surface area contributed by atoms with Gasteiger partial charge < -0.3 is 15.5 Å². The monoisotopic (exact) mass is 312 g/mol. The number of carbonyl (C=O) groups is 1. The number of aliphatic hydroxyl groups excluding tert-OH is 2. The van der Waals surface area contributed by atoms with Gasteiger partial charge >= 0.3 is 0 Å². The molecule has 2 aromatic rings. The maximum Gasteiger partial charge on any atom is 0.251 e. The minimum atomic E-state index is -0.992. The SMILES string of the molecule is Cc1ccccc1C(=O)N[C@H]1[C@H](O)[C@H](O)C[C@@H]1c1cccnc1. The highest BCUT2D eigenvalue weighted by Gasteiger charge is 2.43. The number of hydrogen-bond donors (Lipinski definition) is 3. The average molecular weight is 312 g/mol. The van der Waals surface area contributed by atoms with Crippen LogP contribution in [0.4, 0.5) is 0 Å². The van der Waals surface area contributed by atoms with E-state index in [1.54, 1.807) is 24.5 Å². The Morgan fingerprint density at radius 1 is 1.22 bits per heavy atom. The van der Waals surface area contributed by atoms with Crippen molar-refractivity contribution in [3.63, 3.8) is 0 Å². The highest BCUT2D eigenvalue weighted by atomic mass is 16.3. The van der Waals surface area contributed by atoms with E-state index in [-0.39, 0.29) is 11.8 Å². The minimum absolute atomic E-state index is 0.165. The van der Waals surface area contributed by atoms with Crippen LogP contribution in [0.1, 0.15) is 33.8 Å². The van der Waals surface area contributed by atoms with Gasteiger partial charge in [-0.15, -0.1) is 0 Å². The Morgan fingerprint density at radius 2 is 2.00 bits per heavy atom. The molecule has 1 amide bonds. The topological polar surface area (TPSA) is 82.5 Å². The van der Waals surface area contributed by atoms with Gasteiger partial charge in [-0.1, -0.05) is 24.3 Å². The van der Waals surface area contributed by atoms with Crippen LogP contribution < -0.4 is 5.32 Å². The number of benzene rings is 1. The van der Waals surface area contributed by atoms with E-state index in [1.807, 2.05) is 31.2 Å². The van der Waals surface area contributed by atoms with Crippen molar-refractivity contribution in [2.24, 2.45) is 0 Å². The molecule has 4 atom stereocenters. The molecule has 3 N–H and O–H groups in total. The quantitative estimate of drug-likeness (QED) is 0.800. The van der Waals surface area contributed by atoms with Crippen molar-refractivity contribution in [1.82, 2.24) is 10.3 Å². The van der Waals surface area contributed by atoms with Crippen molar-refractivity contribution in [2.75, 3.05) is 0 Å². The molecule has 0 saturated heterocycles. The first-order chi connectivity index (χ1) is 11.1. The predicted molar refractivity (Wildman–Crippen MR) is 86.0 cm³/mol. The third-order valence-corrected chi connectivity index (χ3v) is 4.49. The van der Waals surface area contributed by atoms with Gasteiger partial charge in [-0.05, 0) is 36.6 Å². The minimum Gasteiger partial charge on any atom is -0.390 e. The second kappa shape index (κ2) is 6.48.